The Kier molecular flexibility index (Phi) is 5.51. The zero-order chi connectivity index (χ0) is 15.1. The van der Waals surface area contributed by atoms with Gasteiger partial charge in [0.2, 0.25) is 0 Å². The smallest absolute Gasteiger partial charge is 0.129 e. The Balaban J connectivity index is 2.09. The quantitative estimate of drug-likeness (QED) is 0.466. The van der Waals surface area contributed by atoms with Crippen LogP contribution >= 0.6 is 0 Å². The molecule has 0 aliphatic rings. The maximum absolute atomic E-state index is 5.43. The van der Waals surface area contributed by atoms with Crippen LogP contribution in [0.4, 0.5) is 0 Å². The van der Waals surface area contributed by atoms with Crippen molar-refractivity contribution < 1.29 is 4.84 Å². The number of hydrogen-bond donors (Lipinski definition) is 2. The van der Waals surface area contributed by atoms with Crippen molar-refractivity contribution in [2.45, 2.75) is 26.7 Å². The van der Waals surface area contributed by atoms with Gasteiger partial charge in [-0.15, -0.1) is 0 Å². The molecule has 1 heterocycles. The second-order valence-electron chi connectivity index (χ2n) is 4.91. The molecule has 0 spiro atoms. The number of H-pyrrole nitrogens is 1. The number of nitrogens with two attached hydrogens (primary N) is 1. The lowest BCUT2D eigenvalue weighted by Gasteiger charge is -2.07. The summed E-state index contributed by atoms with van der Waals surface area (Å²) in [4.78, 5) is 12.9. The van der Waals surface area contributed by atoms with Crippen molar-refractivity contribution in [3.63, 3.8) is 0 Å². The number of benzene rings is 1. The fourth-order valence-corrected chi connectivity index (χ4v) is 2.19. The van der Waals surface area contributed by atoms with Gasteiger partial charge in [0.15, 0.2) is 0 Å². The van der Waals surface area contributed by atoms with E-state index < -0.39 is 0 Å². The molecule has 0 radical (unpaired) electrons. The summed E-state index contributed by atoms with van der Waals surface area (Å²) in [5.74, 6) is 0.945. The molecule has 1 aromatic heterocycles. The Morgan fingerprint density at radius 2 is 2.05 bits per heavy atom. The fourth-order valence-electron chi connectivity index (χ4n) is 2.19. The van der Waals surface area contributed by atoms with Crippen LogP contribution in [0.5, 0.6) is 0 Å². The maximum atomic E-state index is 5.43. The van der Waals surface area contributed by atoms with Crippen molar-refractivity contribution in [3.8, 4) is 0 Å². The van der Waals surface area contributed by atoms with Gasteiger partial charge in [0, 0.05) is 12.2 Å². The van der Waals surface area contributed by atoms with E-state index in [2.05, 4.69) is 15.1 Å². The number of oxime groups is 1. The standard InChI is InChI=1S/C16H22N4O/c1-12-15(19-13(2)18-12)8-9-16(20-21-11-10-17)14-6-4-3-5-7-14/h3-7H,8-11,17H2,1-2H3,(H,18,19). The van der Waals surface area contributed by atoms with Crippen molar-refractivity contribution in [2.75, 3.05) is 13.2 Å². The van der Waals surface area contributed by atoms with Gasteiger partial charge in [-0.2, -0.15) is 0 Å². The molecule has 0 unspecified atom stereocenters. The van der Waals surface area contributed by atoms with Crippen LogP contribution in [0.15, 0.2) is 35.5 Å². The Morgan fingerprint density at radius 1 is 1.29 bits per heavy atom. The molecule has 0 fully saturated rings. The summed E-state index contributed by atoms with van der Waals surface area (Å²) >= 11 is 0. The van der Waals surface area contributed by atoms with Crippen molar-refractivity contribution in [1.29, 1.82) is 0 Å². The van der Waals surface area contributed by atoms with Gasteiger partial charge in [0.05, 0.1) is 11.4 Å². The Bertz CT molecular complexity index is 590. The second-order valence-corrected chi connectivity index (χ2v) is 4.91. The van der Waals surface area contributed by atoms with Gasteiger partial charge in [-0.3, -0.25) is 0 Å². The third-order valence-electron chi connectivity index (χ3n) is 3.21. The first-order chi connectivity index (χ1) is 10.2. The number of aromatic nitrogens is 2. The van der Waals surface area contributed by atoms with Gasteiger partial charge >= 0.3 is 0 Å². The molecule has 5 heteroatoms. The highest BCUT2D eigenvalue weighted by Gasteiger charge is 2.09. The topological polar surface area (TPSA) is 76.3 Å². The zero-order valence-electron chi connectivity index (χ0n) is 12.6. The first-order valence-electron chi connectivity index (χ1n) is 7.17. The molecular formula is C16H22N4O. The minimum Gasteiger partial charge on any atom is -0.394 e. The van der Waals surface area contributed by atoms with Crippen LogP contribution < -0.4 is 5.73 Å². The lowest BCUT2D eigenvalue weighted by molar-refractivity contribution is 0.152. The molecule has 2 rings (SSSR count). The van der Waals surface area contributed by atoms with Crippen LogP contribution in [0.2, 0.25) is 0 Å². The average molecular weight is 286 g/mol. The summed E-state index contributed by atoms with van der Waals surface area (Å²) in [5.41, 5.74) is 9.63. The van der Waals surface area contributed by atoms with Gasteiger partial charge in [-0.05, 0) is 32.3 Å². The van der Waals surface area contributed by atoms with E-state index in [0.717, 1.165) is 41.3 Å². The first-order valence-corrected chi connectivity index (χ1v) is 7.17. The highest BCUT2D eigenvalue weighted by atomic mass is 16.6. The summed E-state index contributed by atoms with van der Waals surface area (Å²) in [5, 5.41) is 4.24. The van der Waals surface area contributed by atoms with Gasteiger partial charge in [-0.25, -0.2) is 4.98 Å². The van der Waals surface area contributed by atoms with E-state index in [1.807, 2.05) is 44.2 Å². The molecule has 0 aliphatic carbocycles. The molecule has 2 aromatic rings. The third-order valence-corrected chi connectivity index (χ3v) is 3.21. The molecule has 0 aliphatic heterocycles. The van der Waals surface area contributed by atoms with Crippen LogP contribution in [0.3, 0.4) is 0 Å². The van der Waals surface area contributed by atoms with Crippen LogP contribution in [0.1, 0.15) is 29.2 Å². The van der Waals surface area contributed by atoms with E-state index in [4.69, 9.17) is 10.6 Å². The van der Waals surface area contributed by atoms with E-state index in [9.17, 15) is 0 Å². The third kappa shape index (κ3) is 4.43. The number of hydrogen-bond acceptors (Lipinski definition) is 4. The van der Waals surface area contributed by atoms with E-state index in [-0.39, 0.29) is 0 Å². The average Bonchev–Trinajstić information content (AvgIpc) is 2.81. The zero-order valence-corrected chi connectivity index (χ0v) is 12.6. The van der Waals surface area contributed by atoms with Crippen molar-refractivity contribution in [2.24, 2.45) is 10.9 Å². The molecular weight excluding hydrogens is 264 g/mol. The summed E-state index contributed by atoms with van der Waals surface area (Å²) in [6.45, 7) is 4.87. The monoisotopic (exact) mass is 286 g/mol. The molecule has 3 N–H and O–H groups in total. The summed E-state index contributed by atoms with van der Waals surface area (Å²) in [6.07, 6.45) is 1.64. The van der Waals surface area contributed by atoms with Crippen LogP contribution in [0.25, 0.3) is 0 Å². The molecule has 0 bridgehead atoms. The molecule has 1 aromatic carbocycles. The molecule has 5 nitrogen and oxygen atoms in total. The molecule has 0 saturated carbocycles. The Morgan fingerprint density at radius 3 is 2.67 bits per heavy atom. The van der Waals surface area contributed by atoms with Crippen molar-refractivity contribution in [3.05, 3.63) is 53.1 Å². The van der Waals surface area contributed by atoms with Gasteiger partial charge in [-0.1, -0.05) is 35.5 Å². The molecule has 0 atom stereocenters. The lowest BCUT2D eigenvalue weighted by atomic mass is 10.0. The number of nitrogens with zero attached hydrogens (tertiary/aromatic N) is 2. The SMILES string of the molecule is Cc1nc(C)c(CCC(=NOCCN)c2ccccc2)[nH]1. The van der Waals surface area contributed by atoms with Gasteiger partial charge in [0.25, 0.3) is 0 Å². The highest BCUT2D eigenvalue weighted by Crippen LogP contribution is 2.12. The largest absolute Gasteiger partial charge is 0.394 e. The summed E-state index contributed by atoms with van der Waals surface area (Å²) in [6, 6.07) is 10.1. The molecule has 0 saturated heterocycles. The maximum Gasteiger partial charge on any atom is 0.129 e. The predicted octanol–water partition coefficient (Wildman–Crippen LogP) is 2.34. The van der Waals surface area contributed by atoms with Crippen molar-refractivity contribution in [1.82, 2.24) is 9.97 Å². The molecule has 0 amide bonds. The minimum absolute atomic E-state index is 0.429. The highest BCUT2D eigenvalue weighted by molar-refractivity contribution is 6.00. The minimum atomic E-state index is 0.429. The van der Waals surface area contributed by atoms with Crippen LogP contribution in [-0.2, 0) is 11.3 Å². The van der Waals surface area contributed by atoms with E-state index in [1.54, 1.807) is 0 Å². The molecule has 112 valence electrons. The Labute approximate surface area is 125 Å². The van der Waals surface area contributed by atoms with E-state index >= 15 is 0 Å². The van der Waals surface area contributed by atoms with E-state index in [0.29, 0.717) is 13.2 Å². The number of nitrogens with one attached hydrogen (secondary N) is 1. The number of imidazole rings is 1. The first kappa shape index (κ1) is 15.3. The summed E-state index contributed by atoms with van der Waals surface area (Å²) in [7, 11) is 0. The van der Waals surface area contributed by atoms with Crippen LogP contribution in [0, 0.1) is 13.8 Å². The van der Waals surface area contributed by atoms with Gasteiger partial charge < -0.3 is 15.6 Å². The fraction of sp³-hybridized carbons (Fsp3) is 0.375. The Hall–Kier alpha value is -2.14. The van der Waals surface area contributed by atoms with E-state index in [1.165, 1.54) is 0 Å². The summed E-state index contributed by atoms with van der Waals surface area (Å²) < 4.78 is 0. The van der Waals surface area contributed by atoms with Gasteiger partial charge in [0.1, 0.15) is 12.4 Å². The second kappa shape index (κ2) is 7.59. The van der Waals surface area contributed by atoms with Crippen molar-refractivity contribution >= 4 is 5.71 Å². The van der Waals surface area contributed by atoms with Crippen LogP contribution in [-0.4, -0.2) is 28.8 Å². The predicted molar refractivity (Wildman–Crippen MR) is 84.4 cm³/mol. The number of aryl methyl sites for hydroxylation is 3. The number of rotatable bonds is 7. The molecule has 21 heavy (non-hydrogen) atoms. The number of aromatic amines is 1. The lowest BCUT2D eigenvalue weighted by Crippen LogP contribution is -2.09. The normalized spacial score (nSPS) is 11.7.